The van der Waals surface area contributed by atoms with Crippen molar-refractivity contribution in [2.24, 2.45) is 0 Å². The van der Waals surface area contributed by atoms with Crippen LogP contribution in [0.25, 0.3) is 22.0 Å². The number of hydrogen-bond acceptors (Lipinski definition) is 2. The maximum Gasteiger partial charge on any atom is 0.222 e. The molecule has 6 heteroatoms. The third kappa shape index (κ3) is 2.47. The van der Waals surface area contributed by atoms with Crippen molar-refractivity contribution >= 4 is 22.6 Å². The first-order valence-corrected chi connectivity index (χ1v) is 6.26. The third-order valence-corrected chi connectivity index (χ3v) is 3.10. The number of halogens is 2. The lowest BCUT2D eigenvalue weighted by Crippen LogP contribution is -2.06. The topological polar surface area (TPSA) is 57.8 Å². The summed E-state index contributed by atoms with van der Waals surface area (Å²) in [6.07, 6.45) is 0. The highest BCUT2D eigenvalue weighted by molar-refractivity contribution is 5.99. The molecule has 3 rings (SSSR count). The lowest BCUT2D eigenvalue weighted by Gasteiger charge is -2.04. The smallest absolute Gasteiger partial charge is 0.222 e. The monoisotopic (exact) mass is 287 g/mol. The van der Waals surface area contributed by atoms with E-state index in [1.807, 2.05) is 0 Å². The highest BCUT2D eigenvalue weighted by Gasteiger charge is 2.11. The fraction of sp³-hybridized carbons (Fsp3) is 0.0667. The molecule has 1 amide bonds. The number of hydrogen-bond donors (Lipinski definition) is 2. The molecule has 0 unspecified atom stereocenters. The maximum absolute atomic E-state index is 13.8. The second-order valence-corrected chi connectivity index (χ2v) is 4.64. The van der Waals surface area contributed by atoms with Gasteiger partial charge in [-0.05, 0) is 29.8 Å². The zero-order valence-corrected chi connectivity index (χ0v) is 11.1. The summed E-state index contributed by atoms with van der Waals surface area (Å²) >= 11 is 0. The average Bonchev–Trinajstić information content (AvgIpc) is 2.80. The number of nitrogens with zero attached hydrogens (tertiary/aromatic N) is 1. The van der Waals surface area contributed by atoms with Gasteiger partial charge in [0, 0.05) is 23.9 Å². The second-order valence-electron chi connectivity index (χ2n) is 4.64. The average molecular weight is 287 g/mol. The zero-order chi connectivity index (χ0) is 15.0. The van der Waals surface area contributed by atoms with Crippen LogP contribution in [-0.4, -0.2) is 16.1 Å². The van der Waals surface area contributed by atoms with E-state index >= 15 is 0 Å². The van der Waals surface area contributed by atoms with Gasteiger partial charge >= 0.3 is 0 Å². The maximum atomic E-state index is 13.8. The van der Waals surface area contributed by atoms with Gasteiger partial charge in [0.25, 0.3) is 0 Å². The molecular formula is C15H11F2N3O. The minimum absolute atomic E-state index is 0.225. The molecule has 0 radical (unpaired) electrons. The Labute approximate surface area is 118 Å². The molecule has 0 aliphatic carbocycles. The van der Waals surface area contributed by atoms with Crippen molar-refractivity contribution in [3.63, 3.8) is 0 Å². The van der Waals surface area contributed by atoms with Crippen molar-refractivity contribution in [2.75, 3.05) is 5.32 Å². The van der Waals surface area contributed by atoms with E-state index in [1.54, 1.807) is 18.2 Å². The first kappa shape index (κ1) is 13.2. The van der Waals surface area contributed by atoms with Gasteiger partial charge in [-0.15, -0.1) is 0 Å². The van der Waals surface area contributed by atoms with Crippen LogP contribution in [0.5, 0.6) is 0 Å². The quantitative estimate of drug-likeness (QED) is 0.758. The van der Waals surface area contributed by atoms with E-state index in [4.69, 9.17) is 0 Å². The fourth-order valence-corrected chi connectivity index (χ4v) is 2.17. The number of nitrogens with one attached hydrogen (secondary N) is 2. The van der Waals surface area contributed by atoms with Crippen molar-refractivity contribution in [1.82, 2.24) is 10.2 Å². The summed E-state index contributed by atoms with van der Waals surface area (Å²) in [6.45, 7) is 1.39. The molecule has 0 spiro atoms. The van der Waals surface area contributed by atoms with E-state index in [9.17, 15) is 13.6 Å². The van der Waals surface area contributed by atoms with E-state index < -0.39 is 11.6 Å². The molecule has 0 fully saturated rings. The van der Waals surface area contributed by atoms with Crippen LogP contribution in [0.1, 0.15) is 6.92 Å². The van der Waals surface area contributed by atoms with Gasteiger partial charge in [0.15, 0.2) is 5.82 Å². The Morgan fingerprint density at radius 2 is 2.00 bits per heavy atom. The van der Waals surface area contributed by atoms with Gasteiger partial charge in [-0.2, -0.15) is 5.10 Å². The molecule has 1 heterocycles. The van der Waals surface area contributed by atoms with Crippen molar-refractivity contribution in [2.45, 2.75) is 6.92 Å². The molecule has 2 N–H and O–H groups in total. The highest BCUT2D eigenvalue weighted by Crippen LogP contribution is 2.28. The minimum Gasteiger partial charge on any atom is -0.309 e. The van der Waals surface area contributed by atoms with Crippen LogP contribution in [0.15, 0.2) is 36.4 Å². The van der Waals surface area contributed by atoms with E-state index in [2.05, 4.69) is 15.5 Å². The van der Waals surface area contributed by atoms with Crippen LogP contribution in [0.2, 0.25) is 0 Å². The van der Waals surface area contributed by atoms with Crippen LogP contribution in [0.3, 0.4) is 0 Å². The van der Waals surface area contributed by atoms with Crippen LogP contribution < -0.4 is 5.32 Å². The molecule has 0 aliphatic heterocycles. The third-order valence-electron chi connectivity index (χ3n) is 3.10. The van der Waals surface area contributed by atoms with E-state index in [-0.39, 0.29) is 5.91 Å². The summed E-state index contributed by atoms with van der Waals surface area (Å²) in [5.41, 5.74) is 1.55. The predicted molar refractivity (Wildman–Crippen MR) is 75.7 cm³/mol. The Morgan fingerprint density at radius 3 is 2.71 bits per heavy atom. The van der Waals surface area contributed by atoms with E-state index in [0.29, 0.717) is 22.5 Å². The summed E-state index contributed by atoms with van der Waals surface area (Å²) in [4.78, 5) is 11.1. The summed E-state index contributed by atoms with van der Waals surface area (Å²) in [5, 5.41) is 10.1. The first-order valence-electron chi connectivity index (χ1n) is 6.26. The molecule has 3 aromatic rings. The number of carbonyl (C=O) groups is 1. The number of aromatic amines is 1. The molecular weight excluding hydrogens is 276 g/mol. The number of amides is 1. The zero-order valence-electron chi connectivity index (χ0n) is 11.1. The number of H-pyrrole nitrogens is 1. The largest absolute Gasteiger partial charge is 0.309 e. The number of benzene rings is 2. The second kappa shape index (κ2) is 4.97. The Morgan fingerprint density at radius 1 is 1.19 bits per heavy atom. The normalized spacial score (nSPS) is 10.8. The summed E-state index contributed by atoms with van der Waals surface area (Å²) in [6, 6.07) is 8.55. The highest BCUT2D eigenvalue weighted by atomic mass is 19.1. The van der Waals surface area contributed by atoms with Gasteiger partial charge in [-0.25, -0.2) is 8.78 Å². The molecule has 0 bridgehead atoms. The van der Waals surface area contributed by atoms with Crippen molar-refractivity contribution in [3.8, 4) is 11.1 Å². The van der Waals surface area contributed by atoms with Crippen LogP contribution >= 0.6 is 0 Å². The number of fused-ring (bicyclic) bond motifs is 1. The van der Waals surface area contributed by atoms with Crippen LogP contribution in [0.4, 0.5) is 14.6 Å². The van der Waals surface area contributed by atoms with Crippen molar-refractivity contribution in [3.05, 3.63) is 48.0 Å². The van der Waals surface area contributed by atoms with Crippen LogP contribution in [-0.2, 0) is 4.79 Å². The van der Waals surface area contributed by atoms with E-state index in [0.717, 1.165) is 11.5 Å². The number of anilines is 1. The Bertz CT molecular complexity index is 842. The molecule has 0 aliphatic rings. The fourth-order valence-electron chi connectivity index (χ4n) is 2.17. The molecule has 0 saturated heterocycles. The van der Waals surface area contributed by atoms with Gasteiger partial charge in [-0.1, -0.05) is 6.07 Å². The van der Waals surface area contributed by atoms with Crippen LogP contribution in [0, 0.1) is 11.6 Å². The standard InChI is InChI=1S/C15H11F2N3O/c1-8(21)18-15-12-4-2-9(6-14(12)19-20-15)11-5-3-10(16)7-13(11)17/h2-7H,1H3,(H2,18,19,20,21). The van der Waals surface area contributed by atoms with Gasteiger partial charge in [0.05, 0.1) is 5.52 Å². The van der Waals surface area contributed by atoms with Gasteiger partial charge in [-0.3, -0.25) is 9.89 Å². The summed E-state index contributed by atoms with van der Waals surface area (Å²) in [7, 11) is 0. The minimum atomic E-state index is -0.629. The summed E-state index contributed by atoms with van der Waals surface area (Å²) in [5.74, 6) is -1.05. The summed E-state index contributed by atoms with van der Waals surface area (Å²) < 4.78 is 26.7. The molecule has 0 atom stereocenters. The molecule has 0 saturated carbocycles. The number of carbonyl (C=O) groups excluding carboxylic acids is 1. The van der Waals surface area contributed by atoms with Gasteiger partial charge < -0.3 is 5.32 Å². The van der Waals surface area contributed by atoms with E-state index in [1.165, 1.54) is 19.1 Å². The van der Waals surface area contributed by atoms with Gasteiger partial charge in [0.1, 0.15) is 11.6 Å². The molecule has 1 aromatic heterocycles. The predicted octanol–water partition coefficient (Wildman–Crippen LogP) is 3.47. The number of aromatic nitrogens is 2. The molecule has 21 heavy (non-hydrogen) atoms. The molecule has 2 aromatic carbocycles. The number of rotatable bonds is 2. The van der Waals surface area contributed by atoms with Crippen molar-refractivity contribution in [1.29, 1.82) is 0 Å². The van der Waals surface area contributed by atoms with Gasteiger partial charge in [0.2, 0.25) is 5.91 Å². The molecule has 106 valence electrons. The SMILES string of the molecule is CC(=O)Nc1n[nH]c2cc(-c3ccc(F)cc3F)ccc12. The lowest BCUT2D eigenvalue weighted by atomic mass is 10.0. The molecule has 4 nitrogen and oxygen atoms in total. The Kier molecular flexibility index (Phi) is 3.13. The lowest BCUT2D eigenvalue weighted by molar-refractivity contribution is -0.114. The Balaban J connectivity index is 2.07. The van der Waals surface area contributed by atoms with Crippen molar-refractivity contribution < 1.29 is 13.6 Å². The first-order chi connectivity index (χ1) is 10.0. The Hall–Kier alpha value is -2.76.